The van der Waals surface area contributed by atoms with Gasteiger partial charge in [-0.25, -0.2) is 4.39 Å². The Balaban J connectivity index is 2.57. The van der Waals surface area contributed by atoms with Gasteiger partial charge in [-0.3, -0.25) is 14.5 Å². The number of aliphatic carboxylic acids is 1. The van der Waals surface area contributed by atoms with E-state index in [9.17, 15) is 14.0 Å². The van der Waals surface area contributed by atoms with Crippen molar-refractivity contribution in [1.29, 1.82) is 0 Å². The zero-order valence-corrected chi connectivity index (χ0v) is 10.1. The SMILES string of the molecule is C#CCN(CC(=O)O)CC(=O)Nc1cccc(F)c1. The van der Waals surface area contributed by atoms with Crippen molar-refractivity contribution in [3.05, 3.63) is 30.1 Å². The smallest absolute Gasteiger partial charge is 0.317 e. The molecule has 1 amide bonds. The van der Waals surface area contributed by atoms with Gasteiger partial charge in [0.05, 0.1) is 19.6 Å². The molecular weight excluding hydrogens is 251 g/mol. The molecule has 1 aromatic rings. The molecule has 100 valence electrons. The highest BCUT2D eigenvalue weighted by Gasteiger charge is 2.13. The number of hydrogen-bond acceptors (Lipinski definition) is 3. The van der Waals surface area contributed by atoms with Gasteiger partial charge in [-0.15, -0.1) is 6.42 Å². The zero-order chi connectivity index (χ0) is 14.3. The third-order valence-electron chi connectivity index (χ3n) is 2.15. The number of terminal acetylenes is 1. The van der Waals surface area contributed by atoms with Crippen molar-refractivity contribution in [1.82, 2.24) is 4.90 Å². The van der Waals surface area contributed by atoms with Crippen LogP contribution >= 0.6 is 0 Å². The van der Waals surface area contributed by atoms with Crippen molar-refractivity contribution >= 4 is 17.6 Å². The summed E-state index contributed by atoms with van der Waals surface area (Å²) in [5.41, 5.74) is 0.306. The van der Waals surface area contributed by atoms with Crippen molar-refractivity contribution in [3.63, 3.8) is 0 Å². The van der Waals surface area contributed by atoms with Crippen LogP contribution < -0.4 is 5.32 Å². The minimum atomic E-state index is -1.08. The van der Waals surface area contributed by atoms with Crippen LogP contribution in [0, 0.1) is 18.2 Å². The van der Waals surface area contributed by atoms with Crippen LogP contribution in [0.25, 0.3) is 0 Å². The highest BCUT2D eigenvalue weighted by molar-refractivity contribution is 5.92. The molecule has 0 aliphatic rings. The standard InChI is InChI=1S/C13H13FN2O3/c1-2-6-16(9-13(18)19)8-12(17)15-11-5-3-4-10(14)7-11/h1,3-5,7H,6,8-9H2,(H,15,17)(H,18,19). The number of carboxylic acid groups (broad SMARTS) is 1. The third-order valence-corrected chi connectivity index (χ3v) is 2.15. The molecule has 2 N–H and O–H groups in total. The molecule has 1 rings (SSSR count). The zero-order valence-electron chi connectivity index (χ0n) is 10.1. The largest absolute Gasteiger partial charge is 0.480 e. The van der Waals surface area contributed by atoms with Gasteiger partial charge >= 0.3 is 5.97 Å². The Bertz CT molecular complexity index is 511. The number of rotatable bonds is 6. The average molecular weight is 264 g/mol. The molecule has 0 radical (unpaired) electrons. The molecule has 0 aromatic heterocycles. The van der Waals surface area contributed by atoms with Gasteiger partial charge in [0.1, 0.15) is 5.82 Å². The Morgan fingerprint density at radius 3 is 2.74 bits per heavy atom. The quantitative estimate of drug-likeness (QED) is 0.745. The first-order valence-electron chi connectivity index (χ1n) is 5.44. The molecular formula is C13H13FN2O3. The Morgan fingerprint density at radius 2 is 2.16 bits per heavy atom. The van der Waals surface area contributed by atoms with Gasteiger partial charge in [-0.05, 0) is 18.2 Å². The second-order valence-electron chi connectivity index (χ2n) is 3.80. The van der Waals surface area contributed by atoms with Crippen molar-refractivity contribution in [2.45, 2.75) is 0 Å². The van der Waals surface area contributed by atoms with E-state index in [1.807, 2.05) is 0 Å². The number of carbonyl (C=O) groups excluding carboxylic acids is 1. The van der Waals surface area contributed by atoms with E-state index in [1.54, 1.807) is 0 Å². The van der Waals surface area contributed by atoms with E-state index < -0.39 is 17.7 Å². The van der Waals surface area contributed by atoms with Gasteiger partial charge in [0.25, 0.3) is 0 Å². The summed E-state index contributed by atoms with van der Waals surface area (Å²) in [6.45, 7) is -0.462. The van der Waals surface area contributed by atoms with Gasteiger partial charge in [0, 0.05) is 5.69 Å². The summed E-state index contributed by atoms with van der Waals surface area (Å²) in [4.78, 5) is 23.5. The number of hydrogen-bond donors (Lipinski definition) is 2. The summed E-state index contributed by atoms with van der Waals surface area (Å²) in [6.07, 6.45) is 5.09. The number of amides is 1. The fraction of sp³-hybridized carbons (Fsp3) is 0.231. The van der Waals surface area contributed by atoms with E-state index >= 15 is 0 Å². The van der Waals surface area contributed by atoms with E-state index in [-0.39, 0.29) is 19.6 Å². The first-order chi connectivity index (χ1) is 9.01. The van der Waals surface area contributed by atoms with Crippen molar-refractivity contribution in [2.24, 2.45) is 0 Å². The molecule has 0 unspecified atom stereocenters. The second kappa shape index (κ2) is 7.13. The summed E-state index contributed by atoms with van der Waals surface area (Å²) in [7, 11) is 0. The van der Waals surface area contributed by atoms with Crippen LogP contribution in [0.15, 0.2) is 24.3 Å². The molecule has 6 heteroatoms. The van der Waals surface area contributed by atoms with Crippen LogP contribution in [-0.4, -0.2) is 41.5 Å². The molecule has 0 fully saturated rings. The minimum Gasteiger partial charge on any atom is -0.480 e. The van der Waals surface area contributed by atoms with Gasteiger partial charge in [-0.1, -0.05) is 12.0 Å². The van der Waals surface area contributed by atoms with E-state index in [1.165, 1.54) is 29.2 Å². The maximum absolute atomic E-state index is 12.9. The Kier molecular flexibility index (Phi) is 5.51. The van der Waals surface area contributed by atoms with Gasteiger partial charge in [0.15, 0.2) is 0 Å². The molecule has 1 aromatic carbocycles. The molecule has 0 bridgehead atoms. The van der Waals surface area contributed by atoms with E-state index in [2.05, 4.69) is 11.2 Å². The number of nitrogens with one attached hydrogen (secondary N) is 1. The number of carboxylic acids is 1. The summed E-state index contributed by atoms with van der Waals surface area (Å²) >= 11 is 0. The molecule has 0 heterocycles. The number of halogens is 1. The third kappa shape index (κ3) is 5.66. The maximum Gasteiger partial charge on any atom is 0.317 e. The number of benzene rings is 1. The number of nitrogens with zero attached hydrogens (tertiary/aromatic N) is 1. The average Bonchev–Trinajstić information content (AvgIpc) is 2.27. The summed E-state index contributed by atoms with van der Waals surface area (Å²) < 4.78 is 12.9. The highest BCUT2D eigenvalue weighted by Crippen LogP contribution is 2.08. The monoisotopic (exact) mass is 264 g/mol. The van der Waals surface area contributed by atoms with Gasteiger partial charge in [0.2, 0.25) is 5.91 Å². The highest BCUT2D eigenvalue weighted by atomic mass is 19.1. The fourth-order valence-electron chi connectivity index (χ4n) is 1.46. The van der Waals surface area contributed by atoms with Gasteiger partial charge < -0.3 is 10.4 Å². The van der Waals surface area contributed by atoms with Crippen LogP contribution in [0.4, 0.5) is 10.1 Å². The lowest BCUT2D eigenvalue weighted by molar-refractivity contribution is -0.138. The van der Waals surface area contributed by atoms with Crippen LogP contribution in [0.5, 0.6) is 0 Å². The van der Waals surface area contributed by atoms with Crippen LogP contribution in [0.1, 0.15) is 0 Å². The van der Waals surface area contributed by atoms with Crippen LogP contribution in [0.2, 0.25) is 0 Å². The second-order valence-corrected chi connectivity index (χ2v) is 3.80. The number of anilines is 1. The van der Waals surface area contributed by atoms with Crippen molar-refractivity contribution in [3.8, 4) is 12.3 Å². The molecule has 0 aliphatic heterocycles. The first kappa shape index (κ1) is 14.7. The summed E-state index contributed by atoms with van der Waals surface area (Å²) in [5, 5.41) is 11.1. The molecule has 19 heavy (non-hydrogen) atoms. The number of carbonyl (C=O) groups is 2. The van der Waals surface area contributed by atoms with E-state index in [0.717, 1.165) is 0 Å². The molecule has 5 nitrogen and oxygen atoms in total. The predicted octanol–water partition coefficient (Wildman–Crippen LogP) is 0.784. The van der Waals surface area contributed by atoms with Gasteiger partial charge in [-0.2, -0.15) is 0 Å². The molecule has 0 saturated heterocycles. The van der Waals surface area contributed by atoms with Crippen LogP contribution in [-0.2, 0) is 9.59 Å². The predicted molar refractivity (Wildman–Crippen MR) is 67.9 cm³/mol. The lowest BCUT2D eigenvalue weighted by atomic mass is 10.3. The van der Waals surface area contributed by atoms with E-state index in [4.69, 9.17) is 11.5 Å². The lowest BCUT2D eigenvalue weighted by Gasteiger charge is -2.16. The lowest BCUT2D eigenvalue weighted by Crippen LogP contribution is -2.37. The Hall–Kier alpha value is -2.39. The maximum atomic E-state index is 12.9. The normalized spacial score (nSPS) is 9.95. The Morgan fingerprint density at radius 1 is 1.42 bits per heavy atom. The van der Waals surface area contributed by atoms with Crippen molar-refractivity contribution in [2.75, 3.05) is 25.0 Å². The minimum absolute atomic E-state index is 0.0445. The summed E-state index contributed by atoms with van der Waals surface area (Å²) in [5.74, 6) is 0.274. The molecule has 0 aliphatic carbocycles. The Labute approximate surface area is 110 Å². The van der Waals surface area contributed by atoms with E-state index in [0.29, 0.717) is 5.69 Å². The summed E-state index contributed by atoms with van der Waals surface area (Å²) in [6, 6.07) is 5.41. The topological polar surface area (TPSA) is 69.6 Å². The van der Waals surface area contributed by atoms with Crippen LogP contribution in [0.3, 0.4) is 0 Å². The molecule has 0 atom stereocenters. The van der Waals surface area contributed by atoms with Crippen molar-refractivity contribution < 1.29 is 19.1 Å². The molecule has 0 saturated carbocycles. The molecule has 0 spiro atoms. The first-order valence-corrected chi connectivity index (χ1v) is 5.44. The fourth-order valence-corrected chi connectivity index (χ4v) is 1.46.